The Balaban J connectivity index is 2.50. The van der Waals surface area contributed by atoms with Gasteiger partial charge in [0.1, 0.15) is 0 Å². The van der Waals surface area contributed by atoms with Crippen LogP contribution < -0.4 is 5.32 Å². The molecule has 0 aliphatic carbocycles. The summed E-state index contributed by atoms with van der Waals surface area (Å²) >= 11 is 0. The minimum Gasteiger partial charge on any atom is -0.362 e. The molecular weight excluding hydrogens is 105 g/mol. The maximum Gasteiger partial charge on any atom is 0.183 e. The molecular formula is C6H10FN. The Bertz CT molecular complexity index is 109. The van der Waals surface area contributed by atoms with Crippen LogP contribution in [0.25, 0.3) is 0 Å². The van der Waals surface area contributed by atoms with Gasteiger partial charge in [0, 0.05) is 6.54 Å². The van der Waals surface area contributed by atoms with Crippen molar-refractivity contribution < 1.29 is 4.39 Å². The standard InChI is InChI=1S/C6H10FN/c1-5-2-3-8-6(7)4-5/h4-5,8H,2-3H2,1H3. The van der Waals surface area contributed by atoms with E-state index in [1.54, 1.807) is 6.08 Å². The molecule has 1 aliphatic rings. The van der Waals surface area contributed by atoms with Gasteiger partial charge in [0.05, 0.1) is 0 Å². The first-order chi connectivity index (χ1) is 3.79. The van der Waals surface area contributed by atoms with E-state index in [1.165, 1.54) is 0 Å². The Labute approximate surface area is 48.6 Å². The molecule has 2 heteroatoms. The SMILES string of the molecule is CC1C=C(F)NCC1. The van der Waals surface area contributed by atoms with Gasteiger partial charge in [0.2, 0.25) is 0 Å². The van der Waals surface area contributed by atoms with E-state index in [1.807, 2.05) is 6.92 Å². The molecule has 0 saturated heterocycles. The van der Waals surface area contributed by atoms with Crippen molar-refractivity contribution in [1.29, 1.82) is 0 Å². The number of hydrogen-bond donors (Lipinski definition) is 1. The van der Waals surface area contributed by atoms with Crippen molar-refractivity contribution in [2.45, 2.75) is 13.3 Å². The van der Waals surface area contributed by atoms with Gasteiger partial charge >= 0.3 is 0 Å². The van der Waals surface area contributed by atoms with Gasteiger partial charge in [0.15, 0.2) is 5.95 Å². The Morgan fingerprint density at radius 2 is 2.62 bits per heavy atom. The smallest absolute Gasteiger partial charge is 0.183 e. The predicted molar refractivity (Wildman–Crippen MR) is 31.0 cm³/mol. The average Bonchev–Trinajstić information content (AvgIpc) is 1.64. The van der Waals surface area contributed by atoms with Crippen molar-refractivity contribution >= 4 is 0 Å². The summed E-state index contributed by atoms with van der Waals surface area (Å²) in [5.74, 6) is 0.250. The van der Waals surface area contributed by atoms with Gasteiger partial charge in [-0.3, -0.25) is 0 Å². The van der Waals surface area contributed by atoms with Gasteiger partial charge in [-0.15, -0.1) is 0 Å². The summed E-state index contributed by atoms with van der Waals surface area (Å²) in [6.45, 7) is 2.80. The number of allylic oxidation sites excluding steroid dienone is 1. The Hall–Kier alpha value is -0.530. The summed E-state index contributed by atoms with van der Waals surface area (Å²) in [5, 5.41) is 2.61. The fourth-order valence-electron chi connectivity index (χ4n) is 0.811. The second-order valence-electron chi connectivity index (χ2n) is 2.21. The third-order valence-corrected chi connectivity index (χ3v) is 1.32. The molecule has 1 unspecified atom stereocenters. The van der Waals surface area contributed by atoms with Crippen LogP contribution in [0.4, 0.5) is 4.39 Å². The molecule has 0 aromatic heterocycles. The fraction of sp³-hybridized carbons (Fsp3) is 0.667. The summed E-state index contributed by atoms with van der Waals surface area (Å²) in [7, 11) is 0. The normalized spacial score (nSPS) is 28.8. The molecule has 0 spiro atoms. The molecule has 1 N–H and O–H groups in total. The van der Waals surface area contributed by atoms with Crippen molar-refractivity contribution in [3.63, 3.8) is 0 Å². The first-order valence-corrected chi connectivity index (χ1v) is 2.90. The van der Waals surface area contributed by atoms with E-state index in [-0.39, 0.29) is 5.95 Å². The van der Waals surface area contributed by atoms with Crippen LogP contribution >= 0.6 is 0 Å². The molecule has 0 fully saturated rings. The Morgan fingerprint density at radius 1 is 1.88 bits per heavy atom. The first kappa shape index (κ1) is 5.60. The van der Waals surface area contributed by atoms with E-state index in [4.69, 9.17) is 0 Å². The van der Waals surface area contributed by atoms with Gasteiger partial charge in [-0.1, -0.05) is 6.92 Å². The second kappa shape index (κ2) is 2.16. The highest BCUT2D eigenvalue weighted by molar-refractivity contribution is 4.96. The van der Waals surface area contributed by atoms with E-state index in [9.17, 15) is 4.39 Å². The minimum absolute atomic E-state index is 0.163. The highest BCUT2D eigenvalue weighted by atomic mass is 19.1. The number of halogens is 1. The minimum atomic E-state index is -0.163. The first-order valence-electron chi connectivity index (χ1n) is 2.90. The lowest BCUT2D eigenvalue weighted by atomic mass is 10.1. The summed E-state index contributed by atoms with van der Waals surface area (Å²) in [4.78, 5) is 0. The van der Waals surface area contributed by atoms with Crippen molar-refractivity contribution in [1.82, 2.24) is 5.32 Å². The monoisotopic (exact) mass is 115 g/mol. The number of nitrogens with one attached hydrogen (secondary N) is 1. The zero-order valence-electron chi connectivity index (χ0n) is 4.95. The van der Waals surface area contributed by atoms with E-state index in [2.05, 4.69) is 5.32 Å². The second-order valence-corrected chi connectivity index (χ2v) is 2.21. The largest absolute Gasteiger partial charge is 0.362 e. The topological polar surface area (TPSA) is 12.0 Å². The molecule has 0 bridgehead atoms. The van der Waals surface area contributed by atoms with E-state index in [0.29, 0.717) is 5.92 Å². The average molecular weight is 115 g/mol. The molecule has 1 aliphatic heterocycles. The van der Waals surface area contributed by atoms with Crippen LogP contribution in [0.15, 0.2) is 12.0 Å². The lowest BCUT2D eigenvalue weighted by molar-refractivity contribution is 0.464. The molecule has 0 saturated carbocycles. The lowest BCUT2D eigenvalue weighted by Gasteiger charge is -2.13. The molecule has 0 radical (unpaired) electrons. The van der Waals surface area contributed by atoms with Crippen LogP contribution in [0, 0.1) is 5.92 Å². The third-order valence-electron chi connectivity index (χ3n) is 1.32. The van der Waals surface area contributed by atoms with Gasteiger partial charge in [-0.2, -0.15) is 4.39 Å². The number of rotatable bonds is 0. The molecule has 1 heterocycles. The van der Waals surface area contributed by atoms with Crippen molar-refractivity contribution in [2.24, 2.45) is 5.92 Å². The quantitative estimate of drug-likeness (QED) is 0.471. The summed E-state index contributed by atoms with van der Waals surface area (Å²) in [5.41, 5.74) is 0. The predicted octanol–water partition coefficient (Wildman–Crippen LogP) is 1.43. The van der Waals surface area contributed by atoms with Gasteiger partial charge in [-0.25, -0.2) is 0 Å². The molecule has 8 heavy (non-hydrogen) atoms. The maximum absolute atomic E-state index is 12.2. The lowest BCUT2D eigenvalue weighted by Crippen LogP contribution is -2.19. The van der Waals surface area contributed by atoms with Crippen LogP contribution in [-0.4, -0.2) is 6.54 Å². The molecule has 0 aromatic carbocycles. The van der Waals surface area contributed by atoms with Crippen LogP contribution in [0.1, 0.15) is 13.3 Å². The Morgan fingerprint density at radius 3 is 3.00 bits per heavy atom. The van der Waals surface area contributed by atoms with E-state index < -0.39 is 0 Å². The molecule has 1 nitrogen and oxygen atoms in total. The third kappa shape index (κ3) is 1.22. The van der Waals surface area contributed by atoms with Crippen LogP contribution in [0.3, 0.4) is 0 Å². The zero-order chi connectivity index (χ0) is 5.98. The maximum atomic E-state index is 12.2. The zero-order valence-corrected chi connectivity index (χ0v) is 4.95. The van der Waals surface area contributed by atoms with Crippen LogP contribution in [0.2, 0.25) is 0 Å². The van der Waals surface area contributed by atoms with E-state index in [0.717, 1.165) is 13.0 Å². The van der Waals surface area contributed by atoms with Crippen molar-refractivity contribution in [3.8, 4) is 0 Å². The van der Waals surface area contributed by atoms with Gasteiger partial charge in [-0.05, 0) is 18.4 Å². The molecule has 0 amide bonds. The number of hydrogen-bond acceptors (Lipinski definition) is 1. The van der Waals surface area contributed by atoms with Crippen molar-refractivity contribution in [3.05, 3.63) is 12.0 Å². The highest BCUT2D eigenvalue weighted by Gasteiger charge is 2.05. The summed E-state index contributed by atoms with van der Waals surface area (Å²) in [6, 6.07) is 0. The van der Waals surface area contributed by atoms with Crippen LogP contribution in [-0.2, 0) is 0 Å². The van der Waals surface area contributed by atoms with Gasteiger partial charge < -0.3 is 5.32 Å². The molecule has 1 rings (SSSR count). The van der Waals surface area contributed by atoms with Gasteiger partial charge in [0.25, 0.3) is 0 Å². The van der Waals surface area contributed by atoms with Crippen LogP contribution in [0.5, 0.6) is 0 Å². The molecule has 46 valence electrons. The molecule has 1 atom stereocenters. The van der Waals surface area contributed by atoms with Crippen molar-refractivity contribution in [2.75, 3.05) is 6.54 Å². The summed E-state index contributed by atoms with van der Waals surface area (Å²) in [6.07, 6.45) is 2.66. The fourth-order valence-corrected chi connectivity index (χ4v) is 0.811. The molecule has 0 aromatic rings. The Kier molecular flexibility index (Phi) is 1.51. The summed E-state index contributed by atoms with van der Waals surface area (Å²) < 4.78 is 12.2. The van der Waals surface area contributed by atoms with E-state index >= 15 is 0 Å². The highest BCUT2D eigenvalue weighted by Crippen LogP contribution is 2.10.